The Labute approximate surface area is 92.1 Å². The number of hydrogen-bond donors (Lipinski definition) is 0. The van der Waals surface area contributed by atoms with E-state index >= 15 is 0 Å². The van der Waals surface area contributed by atoms with Crippen molar-refractivity contribution in [2.45, 2.75) is 0 Å². The van der Waals surface area contributed by atoms with Gasteiger partial charge < -0.3 is 4.74 Å². The highest BCUT2D eigenvalue weighted by Crippen LogP contribution is 2.24. The molecule has 0 amide bonds. The first kappa shape index (κ1) is 9.99. The second kappa shape index (κ2) is 4.32. The lowest BCUT2D eigenvalue weighted by molar-refractivity contribution is 0.477. The van der Waals surface area contributed by atoms with E-state index in [2.05, 4.69) is 0 Å². The lowest BCUT2D eigenvalue weighted by Crippen LogP contribution is -1.84. The van der Waals surface area contributed by atoms with Gasteiger partial charge in [0.2, 0.25) is 0 Å². The quantitative estimate of drug-likeness (QED) is 0.737. The average molecular weight is 223 g/mol. The first-order valence-corrected chi connectivity index (χ1v) is 4.81. The van der Waals surface area contributed by atoms with Crippen LogP contribution in [0.2, 0.25) is 5.02 Å². The molecule has 2 aromatic carbocycles. The van der Waals surface area contributed by atoms with Crippen LogP contribution in [-0.2, 0) is 0 Å². The zero-order valence-electron chi connectivity index (χ0n) is 7.78. The van der Waals surface area contributed by atoms with Gasteiger partial charge in [0.15, 0.2) is 0 Å². The van der Waals surface area contributed by atoms with E-state index in [1.54, 1.807) is 36.4 Å². The van der Waals surface area contributed by atoms with E-state index in [0.29, 0.717) is 16.5 Å². The van der Waals surface area contributed by atoms with Crippen LogP contribution in [0.4, 0.5) is 4.39 Å². The third-order valence-corrected chi connectivity index (χ3v) is 2.06. The molecule has 0 bridgehead atoms. The van der Waals surface area contributed by atoms with E-state index in [9.17, 15) is 4.39 Å². The summed E-state index contributed by atoms with van der Waals surface area (Å²) < 4.78 is 18.3. The van der Waals surface area contributed by atoms with Crippen molar-refractivity contribution in [3.63, 3.8) is 0 Å². The third kappa shape index (κ3) is 2.70. The maximum Gasteiger partial charge on any atom is 0.130 e. The Kier molecular flexibility index (Phi) is 2.88. The molecular weight excluding hydrogens is 215 g/mol. The molecule has 0 unspecified atom stereocenters. The molecule has 0 radical (unpaired) electrons. The second-order valence-electron chi connectivity index (χ2n) is 3.02. The summed E-state index contributed by atoms with van der Waals surface area (Å²) in [4.78, 5) is 0. The zero-order chi connectivity index (χ0) is 10.7. The van der Waals surface area contributed by atoms with Gasteiger partial charge in [0.05, 0.1) is 0 Å². The van der Waals surface area contributed by atoms with Crippen molar-refractivity contribution >= 4 is 11.6 Å². The molecule has 0 N–H and O–H groups in total. The Balaban J connectivity index is 2.22. The highest BCUT2D eigenvalue weighted by Gasteiger charge is 1.98. The van der Waals surface area contributed by atoms with Gasteiger partial charge in [0.1, 0.15) is 17.3 Å². The summed E-state index contributed by atoms with van der Waals surface area (Å²) in [5.74, 6) is 0.722. The van der Waals surface area contributed by atoms with Gasteiger partial charge in [-0.3, -0.25) is 0 Å². The Hall–Kier alpha value is -1.54. The van der Waals surface area contributed by atoms with Crippen molar-refractivity contribution < 1.29 is 9.13 Å². The molecule has 0 aliphatic carbocycles. The maximum atomic E-state index is 12.8. The normalized spacial score (nSPS) is 10.0. The van der Waals surface area contributed by atoms with Gasteiger partial charge in [0.25, 0.3) is 0 Å². The number of ether oxygens (including phenoxy) is 1. The molecule has 0 atom stereocenters. The van der Waals surface area contributed by atoms with Gasteiger partial charge >= 0.3 is 0 Å². The molecule has 1 nitrogen and oxygen atoms in total. The van der Waals surface area contributed by atoms with Crippen LogP contribution in [-0.4, -0.2) is 0 Å². The summed E-state index contributed by atoms with van der Waals surface area (Å²) in [6.45, 7) is 0. The fraction of sp³-hybridized carbons (Fsp3) is 0. The SMILES string of the molecule is Fc1cccc(Oc2cccc(Cl)c2)c1. The number of benzene rings is 2. The van der Waals surface area contributed by atoms with E-state index in [1.807, 2.05) is 0 Å². The van der Waals surface area contributed by atoms with Crippen LogP contribution in [0.25, 0.3) is 0 Å². The maximum absolute atomic E-state index is 12.8. The van der Waals surface area contributed by atoms with Crippen molar-refractivity contribution in [3.05, 3.63) is 59.4 Å². The highest BCUT2D eigenvalue weighted by atomic mass is 35.5. The summed E-state index contributed by atoms with van der Waals surface area (Å²) in [7, 11) is 0. The van der Waals surface area contributed by atoms with Gasteiger partial charge in [-0.1, -0.05) is 23.7 Å². The van der Waals surface area contributed by atoms with E-state index < -0.39 is 0 Å². The summed E-state index contributed by atoms with van der Waals surface area (Å²) in [5.41, 5.74) is 0. The van der Waals surface area contributed by atoms with Gasteiger partial charge in [-0.2, -0.15) is 0 Å². The predicted octanol–water partition coefficient (Wildman–Crippen LogP) is 4.27. The summed E-state index contributed by atoms with van der Waals surface area (Å²) in [5, 5.41) is 0.587. The Morgan fingerprint density at radius 1 is 0.933 bits per heavy atom. The van der Waals surface area contributed by atoms with Crippen molar-refractivity contribution in [2.24, 2.45) is 0 Å². The Morgan fingerprint density at radius 3 is 2.27 bits per heavy atom. The fourth-order valence-corrected chi connectivity index (χ4v) is 1.38. The van der Waals surface area contributed by atoms with Crippen molar-refractivity contribution in [1.82, 2.24) is 0 Å². The number of hydrogen-bond acceptors (Lipinski definition) is 1. The fourth-order valence-electron chi connectivity index (χ4n) is 1.20. The van der Waals surface area contributed by atoms with Crippen LogP contribution in [0, 0.1) is 5.82 Å². The van der Waals surface area contributed by atoms with Gasteiger partial charge in [0, 0.05) is 11.1 Å². The van der Waals surface area contributed by atoms with Crippen LogP contribution in [0.15, 0.2) is 48.5 Å². The molecule has 0 fully saturated rings. The molecule has 0 saturated carbocycles. The summed E-state index contributed by atoms with van der Waals surface area (Å²) in [6, 6.07) is 12.9. The summed E-state index contributed by atoms with van der Waals surface area (Å²) in [6.07, 6.45) is 0. The van der Waals surface area contributed by atoms with Gasteiger partial charge in [-0.15, -0.1) is 0 Å². The van der Waals surface area contributed by atoms with Crippen LogP contribution in [0.3, 0.4) is 0 Å². The lowest BCUT2D eigenvalue weighted by atomic mass is 10.3. The smallest absolute Gasteiger partial charge is 0.130 e. The molecule has 0 heterocycles. The molecule has 2 aromatic rings. The molecule has 0 spiro atoms. The van der Waals surface area contributed by atoms with Gasteiger partial charge in [-0.25, -0.2) is 4.39 Å². The molecule has 76 valence electrons. The molecule has 2 rings (SSSR count). The lowest BCUT2D eigenvalue weighted by Gasteiger charge is -2.05. The molecule has 3 heteroatoms. The first-order chi connectivity index (χ1) is 7.24. The van der Waals surface area contributed by atoms with Crippen molar-refractivity contribution in [1.29, 1.82) is 0 Å². The largest absolute Gasteiger partial charge is 0.457 e. The topological polar surface area (TPSA) is 9.23 Å². The minimum atomic E-state index is -0.325. The molecule has 0 aromatic heterocycles. The first-order valence-electron chi connectivity index (χ1n) is 4.43. The van der Waals surface area contributed by atoms with Crippen LogP contribution in [0.5, 0.6) is 11.5 Å². The monoisotopic (exact) mass is 222 g/mol. The standard InChI is InChI=1S/C12H8ClFO/c13-9-3-1-5-11(7-9)15-12-6-2-4-10(14)8-12/h1-8H. The molecule has 0 aliphatic rings. The number of rotatable bonds is 2. The molecular formula is C12H8ClFO. The van der Waals surface area contributed by atoms with E-state index in [-0.39, 0.29) is 5.82 Å². The zero-order valence-corrected chi connectivity index (χ0v) is 8.54. The van der Waals surface area contributed by atoms with Crippen molar-refractivity contribution in [3.8, 4) is 11.5 Å². The number of halogens is 2. The van der Waals surface area contributed by atoms with E-state index in [1.165, 1.54) is 12.1 Å². The minimum Gasteiger partial charge on any atom is -0.457 e. The second-order valence-corrected chi connectivity index (χ2v) is 3.45. The minimum absolute atomic E-state index is 0.325. The van der Waals surface area contributed by atoms with Crippen LogP contribution >= 0.6 is 11.6 Å². The van der Waals surface area contributed by atoms with E-state index in [4.69, 9.17) is 16.3 Å². The van der Waals surface area contributed by atoms with Gasteiger partial charge in [-0.05, 0) is 30.3 Å². The highest BCUT2D eigenvalue weighted by molar-refractivity contribution is 6.30. The molecule has 0 saturated heterocycles. The summed E-state index contributed by atoms with van der Waals surface area (Å²) >= 11 is 5.79. The Bertz CT molecular complexity index is 427. The van der Waals surface area contributed by atoms with Crippen LogP contribution in [0.1, 0.15) is 0 Å². The predicted molar refractivity (Wildman–Crippen MR) is 57.9 cm³/mol. The average Bonchev–Trinajstić information content (AvgIpc) is 2.17. The van der Waals surface area contributed by atoms with E-state index in [0.717, 1.165) is 0 Å². The molecule has 0 aliphatic heterocycles. The van der Waals surface area contributed by atoms with Crippen LogP contribution < -0.4 is 4.74 Å². The molecule has 15 heavy (non-hydrogen) atoms. The van der Waals surface area contributed by atoms with Crippen molar-refractivity contribution in [2.75, 3.05) is 0 Å². The Morgan fingerprint density at radius 2 is 1.60 bits per heavy atom. The third-order valence-electron chi connectivity index (χ3n) is 1.83.